The van der Waals surface area contributed by atoms with Gasteiger partial charge in [0.25, 0.3) is 0 Å². The maximum atomic E-state index is 8.99. The van der Waals surface area contributed by atoms with Gasteiger partial charge in [-0.2, -0.15) is 5.26 Å². The molecule has 0 amide bonds. The first-order chi connectivity index (χ1) is 7.98. The van der Waals surface area contributed by atoms with Crippen molar-refractivity contribution < 1.29 is 9.47 Å². The summed E-state index contributed by atoms with van der Waals surface area (Å²) in [5.41, 5.74) is 1.45. The van der Waals surface area contributed by atoms with Crippen LogP contribution in [0.1, 0.15) is 31.4 Å². The summed E-state index contributed by atoms with van der Waals surface area (Å²) in [5.74, 6) is 0.644. The van der Waals surface area contributed by atoms with Crippen molar-refractivity contribution in [3.8, 4) is 11.8 Å². The third-order valence-electron chi connectivity index (χ3n) is 2.77. The Morgan fingerprint density at radius 3 is 2.65 bits per heavy atom. The molecule has 3 heteroatoms. The van der Waals surface area contributed by atoms with Gasteiger partial charge < -0.3 is 9.47 Å². The van der Waals surface area contributed by atoms with Crippen molar-refractivity contribution in [1.82, 2.24) is 0 Å². The van der Waals surface area contributed by atoms with Crippen LogP contribution in [0, 0.1) is 18.3 Å². The fourth-order valence-electron chi connectivity index (χ4n) is 1.37. The Morgan fingerprint density at radius 1 is 1.35 bits per heavy atom. The molecular weight excluding hydrogens is 214 g/mol. The third-order valence-corrected chi connectivity index (χ3v) is 2.77. The maximum Gasteiger partial charge on any atom is 0.137 e. The monoisotopic (exact) mass is 233 g/mol. The Labute approximate surface area is 103 Å². The molecule has 0 bridgehead atoms. The molecule has 1 rings (SSSR count). The number of rotatable bonds is 5. The molecule has 0 saturated carbocycles. The van der Waals surface area contributed by atoms with E-state index in [1.807, 2.05) is 39.0 Å². The van der Waals surface area contributed by atoms with Crippen LogP contribution in [-0.2, 0) is 4.74 Å². The molecule has 1 aromatic carbocycles. The van der Waals surface area contributed by atoms with Crippen molar-refractivity contribution >= 4 is 0 Å². The zero-order valence-electron chi connectivity index (χ0n) is 10.9. The summed E-state index contributed by atoms with van der Waals surface area (Å²) in [5, 5.41) is 8.99. The summed E-state index contributed by atoms with van der Waals surface area (Å²) in [6.45, 7) is 6.52. The summed E-state index contributed by atoms with van der Waals surface area (Å²) < 4.78 is 10.9. The minimum Gasteiger partial charge on any atom is -0.492 e. The van der Waals surface area contributed by atoms with E-state index in [1.165, 1.54) is 0 Å². The molecule has 3 nitrogen and oxygen atoms in total. The summed E-state index contributed by atoms with van der Waals surface area (Å²) in [6.07, 6.45) is 0.780. The fourth-order valence-corrected chi connectivity index (χ4v) is 1.37. The Kier molecular flexibility index (Phi) is 4.53. The molecule has 0 aliphatic heterocycles. The van der Waals surface area contributed by atoms with Crippen molar-refractivity contribution in [2.24, 2.45) is 0 Å². The molecule has 17 heavy (non-hydrogen) atoms. The second-order valence-electron chi connectivity index (χ2n) is 4.67. The van der Waals surface area contributed by atoms with Crippen LogP contribution < -0.4 is 4.74 Å². The number of aryl methyl sites for hydroxylation is 1. The molecule has 92 valence electrons. The maximum absolute atomic E-state index is 8.99. The highest BCUT2D eigenvalue weighted by Gasteiger charge is 2.16. The number of hydrogen-bond acceptors (Lipinski definition) is 3. The molecule has 0 aromatic heterocycles. The quantitative estimate of drug-likeness (QED) is 0.785. The van der Waals surface area contributed by atoms with Crippen LogP contribution in [0.15, 0.2) is 18.2 Å². The smallest absolute Gasteiger partial charge is 0.137 e. The zero-order valence-corrected chi connectivity index (χ0v) is 10.9. The zero-order chi connectivity index (χ0) is 12.9. The normalized spacial score (nSPS) is 11.0. The van der Waals surface area contributed by atoms with E-state index in [4.69, 9.17) is 14.7 Å². The van der Waals surface area contributed by atoms with Crippen LogP contribution in [0.2, 0.25) is 0 Å². The number of hydrogen-bond donors (Lipinski definition) is 0. The lowest BCUT2D eigenvalue weighted by Gasteiger charge is -2.22. The average molecular weight is 233 g/mol. The second kappa shape index (κ2) is 5.70. The van der Waals surface area contributed by atoms with Crippen molar-refractivity contribution in [2.75, 3.05) is 13.7 Å². The molecule has 0 atom stereocenters. The predicted molar refractivity (Wildman–Crippen MR) is 67.1 cm³/mol. The van der Waals surface area contributed by atoms with Crippen molar-refractivity contribution in [3.63, 3.8) is 0 Å². The van der Waals surface area contributed by atoms with Gasteiger partial charge in [-0.1, -0.05) is 6.07 Å². The van der Waals surface area contributed by atoms with E-state index in [2.05, 4.69) is 6.07 Å². The Bertz CT molecular complexity index is 419. The molecule has 0 N–H and O–H groups in total. The van der Waals surface area contributed by atoms with Gasteiger partial charge in [0.1, 0.15) is 11.8 Å². The van der Waals surface area contributed by atoms with E-state index in [0.29, 0.717) is 17.9 Å². The van der Waals surface area contributed by atoms with Crippen LogP contribution >= 0.6 is 0 Å². The lowest BCUT2D eigenvalue weighted by atomic mass is 10.1. The number of ether oxygens (including phenoxy) is 2. The minimum absolute atomic E-state index is 0.197. The molecule has 0 aliphatic carbocycles. The van der Waals surface area contributed by atoms with Gasteiger partial charge in [-0.25, -0.2) is 0 Å². The van der Waals surface area contributed by atoms with Crippen molar-refractivity contribution in [1.29, 1.82) is 5.26 Å². The highest BCUT2D eigenvalue weighted by atomic mass is 16.5. The third kappa shape index (κ3) is 4.08. The van der Waals surface area contributed by atoms with Gasteiger partial charge in [-0.15, -0.1) is 0 Å². The van der Waals surface area contributed by atoms with E-state index >= 15 is 0 Å². The van der Waals surface area contributed by atoms with E-state index in [1.54, 1.807) is 7.11 Å². The van der Waals surface area contributed by atoms with Crippen LogP contribution in [0.3, 0.4) is 0 Å². The van der Waals surface area contributed by atoms with E-state index < -0.39 is 0 Å². The summed E-state index contributed by atoms with van der Waals surface area (Å²) in [7, 11) is 1.69. The number of nitrogens with zero attached hydrogens (tertiary/aromatic N) is 1. The first-order valence-electron chi connectivity index (χ1n) is 5.67. The standard InChI is InChI=1S/C14H19NO2/c1-11-5-6-13(12(9-11)10-15)17-8-7-14(2,3)16-4/h5-6,9H,7-8H2,1-4H3. The van der Waals surface area contributed by atoms with Crippen molar-refractivity contribution in [3.05, 3.63) is 29.3 Å². The lowest BCUT2D eigenvalue weighted by molar-refractivity contribution is 0.00543. The average Bonchev–Trinajstić information content (AvgIpc) is 2.30. The van der Waals surface area contributed by atoms with Gasteiger partial charge in [0.15, 0.2) is 0 Å². The molecule has 0 aliphatic rings. The van der Waals surface area contributed by atoms with Crippen LogP contribution in [0.5, 0.6) is 5.75 Å². The second-order valence-corrected chi connectivity index (χ2v) is 4.67. The SMILES string of the molecule is COC(C)(C)CCOc1ccc(C)cc1C#N. The van der Waals surface area contributed by atoms with E-state index in [9.17, 15) is 0 Å². The Morgan fingerprint density at radius 2 is 2.06 bits per heavy atom. The number of methoxy groups -OCH3 is 1. The number of benzene rings is 1. The topological polar surface area (TPSA) is 42.2 Å². The Hall–Kier alpha value is -1.53. The van der Waals surface area contributed by atoms with Gasteiger partial charge in [0.2, 0.25) is 0 Å². The molecule has 0 saturated heterocycles. The molecular formula is C14H19NO2. The van der Waals surface area contributed by atoms with Gasteiger partial charge in [-0.3, -0.25) is 0 Å². The van der Waals surface area contributed by atoms with E-state index in [0.717, 1.165) is 12.0 Å². The van der Waals surface area contributed by atoms with Gasteiger partial charge >= 0.3 is 0 Å². The van der Waals surface area contributed by atoms with Gasteiger partial charge in [-0.05, 0) is 38.5 Å². The highest BCUT2D eigenvalue weighted by Crippen LogP contribution is 2.20. The van der Waals surface area contributed by atoms with Gasteiger partial charge in [0, 0.05) is 13.5 Å². The first-order valence-corrected chi connectivity index (χ1v) is 5.67. The lowest BCUT2D eigenvalue weighted by Crippen LogP contribution is -2.25. The fraction of sp³-hybridized carbons (Fsp3) is 0.500. The predicted octanol–water partition coefficient (Wildman–Crippen LogP) is 3.06. The van der Waals surface area contributed by atoms with Crippen LogP contribution in [0.25, 0.3) is 0 Å². The van der Waals surface area contributed by atoms with Crippen LogP contribution in [0.4, 0.5) is 0 Å². The molecule has 0 unspecified atom stereocenters. The molecule has 0 fully saturated rings. The first kappa shape index (κ1) is 13.5. The molecule has 1 aromatic rings. The van der Waals surface area contributed by atoms with E-state index in [-0.39, 0.29) is 5.60 Å². The molecule has 0 spiro atoms. The summed E-state index contributed by atoms with van der Waals surface area (Å²) >= 11 is 0. The summed E-state index contributed by atoms with van der Waals surface area (Å²) in [4.78, 5) is 0. The van der Waals surface area contributed by atoms with Crippen molar-refractivity contribution in [2.45, 2.75) is 32.8 Å². The minimum atomic E-state index is -0.197. The van der Waals surface area contributed by atoms with Gasteiger partial charge in [0.05, 0.1) is 17.8 Å². The summed E-state index contributed by atoms with van der Waals surface area (Å²) in [6, 6.07) is 7.75. The largest absolute Gasteiger partial charge is 0.492 e. The Balaban J connectivity index is 2.62. The molecule has 0 radical (unpaired) electrons. The van der Waals surface area contributed by atoms with Crippen LogP contribution in [-0.4, -0.2) is 19.3 Å². The molecule has 0 heterocycles. The number of nitriles is 1. The highest BCUT2D eigenvalue weighted by molar-refractivity contribution is 5.45.